The highest BCUT2D eigenvalue weighted by Crippen LogP contribution is 2.19. The van der Waals surface area contributed by atoms with Crippen molar-refractivity contribution in [3.8, 4) is 0 Å². The van der Waals surface area contributed by atoms with Crippen LogP contribution in [0.5, 0.6) is 0 Å². The van der Waals surface area contributed by atoms with Gasteiger partial charge in [0.15, 0.2) is 5.82 Å². The van der Waals surface area contributed by atoms with Gasteiger partial charge in [-0.05, 0) is 36.6 Å². The molecule has 31 heavy (non-hydrogen) atoms. The van der Waals surface area contributed by atoms with Gasteiger partial charge in [0.25, 0.3) is 0 Å². The Morgan fingerprint density at radius 2 is 1.87 bits per heavy atom. The van der Waals surface area contributed by atoms with Gasteiger partial charge in [-0.25, -0.2) is 9.66 Å². The Morgan fingerprint density at radius 1 is 1.06 bits per heavy atom. The number of hydrogen-bond acceptors (Lipinski definition) is 4. The quantitative estimate of drug-likeness (QED) is 0.486. The lowest BCUT2D eigenvalue weighted by Gasteiger charge is -2.15. The molecule has 0 aliphatic heterocycles. The highest BCUT2D eigenvalue weighted by molar-refractivity contribution is 5.84. The van der Waals surface area contributed by atoms with E-state index in [4.69, 9.17) is 0 Å². The number of benzene rings is 2. The van der Waals surface area contributed by atoms with Crippen molar-refractivity contribution in [1.29, 1.82) is 0 Å². The third-order valence-electron chi connectivity index (χ3n) is 5.25. The van der Waals surface area contributed by atoms with E-state index in [1.807, 2.05) is 60.3 Å². The lowest BCUT2D eigenvalue weighted by molar-refractivity contribution is -0.119. The molecule has 4 rings (SSSR count). The predicted molar refractivity (Wildman–Crippen MR) is 122 cm³/mol. The number of nitrogens with one attached hydrogen (secondary N) is 2. The Balaban J connectivity index is 1.65. The lowest BCUT2D eigenvalue weighted by atomic mass is 10.1. The minimum absolute atomic E-state index is 0.0559. The summed E-state index contributed by atoms with van der Waals surface area (Å²) in [4.78, 5) is 29.3. The van der Waals surface area contributed by atoms with Gasteiger partial charge in [0.2, 0.25) is 5.91 Å². The van der Waals surface area contributed by atoms with Crippen LogP contribution in [0.4, 0.5) is 5.82 Å². The molecule has 0 aliphatic rings. The summed E-state index contributed by atoms with van der Waals surface area (Å²) in [6.07, 6.45) is 4.63. The number of hydrogen-bond donors (Lipinski definition) is 2. The second-order valence-corrected chi connectivity index (χ2v) is 7.43. The number of rotatable bonds is 7. The molecule has 0 saturated heterocycles. The molecule has 0 radical (unpaired) electrons. The number of amides is 1. The smallest absolute Gasteiger partial charge is 0.312 e. The maximum absolute atomic E-state index is 13.2. The van der Waals surface area contributed by atoms with Crippen molar-refractivity contribution in [1.82, 2.24) is 19.7 Å². The zero-order valence-electron chi connectivity index (χ0n) is 17.6. The van der Waals surface area contributed by atoms with Crippen molar-refractivity contribution in [3.63, 3.8) is 0 Å². The van der Waals surface area contributed by atoms with E-state index in [9.17, 15) is 9.59 Å². The first-order valence-corrected chi connectivity index (χ1v) is 10.2. The minimum Gasteiger partial charge on any atom is -0.365 e. The van der Waals surface area contributed by atoms with E-state index in [0.29, 0.717) is 18.1 Å². The molecule has 158 valence electrons. The fourth-order valence-corrected chi connectivity index (χ4v) is 3.61. The van der Waals surface area contributed by atoms with Gasteiger partial charge in [-0.1, -0.05) is 42.5 Å². The van der Waals surface area contributed by atoms with Crippen LogP contribution in [0.15, 0.2) is 71.8 Å². The first-order valence-electron chi connectivity index (χ1n) is 10.2. The standard InChI is InChI=1S/C24H25N5O2/c1-17-16-27-23(26-12-10-18-6-4-3-5-7-18)24(31)29(17)28-13-11-20-9-8-19(14-21(20)28)15-22(30)25-2/h3-9,11,13-14,16H,10,12,15H2,1-2H3,(H,25,30)(H,26,27). The van der Waals surface area contributed by atoms with Crippen molar-refractivity contribution >= 4 is 22.6 Å². The largest absolute Gasteiger partial charge is 0.365 e. The van der Waals surface area contributed by atoms with E-state index in [0.717, 1.165) is 22.9 Å². The van der Waals surface area contributed by atoms with Gasteiger partial charge in [-0.2, -0.15) is 0 Å². The average Bonchev–Trinajstić information content (AvgIpc) is 3.19. The summed E-state index contributed by atoms with van der Waals surface area (Å²) in [5.74, 6) is 0.254. The molecule has 0 unspecified atom stereocenters. The van der Waals surface area contributed by atoms with Crippen LogP contribution in [0.25, 0.3) is 10.9 Å². The van der Waals surface area contributed by atoms with Crippen molar-refractivity contribution in [3.05, 3.63) is 94.2 Å². The second kappa shape index (κ2) is 8.87. The third-order valence-corrected chi connectivity index (χ3v) is 5.25. The number of carbonyl (C=O) groups is 1. The monoisotopic (exact) mass is 415 g/mol. The zero-order valence-corrected chi connectivity index (χ0v) is 17.6. The molecule has 7 nitrogen and oxygen atoms in total. The molecular formula is C24H25N5O2. The number of aromatic nitrogens is 3. The van der Waals surface area contributed by atoms with E-state index < -0.39 is 0 Å². The highest BCUT2D eigenvalue weighted by atomic mass is 16.1. The number of nitrogens with zero attached hydrogens (tertiary/aromatic N) is 3. The second-order valence-electron chi connectivity index (χ2n) is 7.43. The molecule has 0 bridgehead atoms. The zero-order chi connectivity index (χ0) is 21.8. The minimum atomic E-state index is -0.220. The fourth-order valence-electron chi connectivity index (χ4n) is 3.61. The molecule has 0 fully saturated rings. The summed E-state index contributed by atoms with van der Waals surface area (Å²) in [5, 5.41) is 6.80. The topological polar surface area (TPSA) is 81.0 Å². The van der Waals surface area contributed by atoms with E-state index in [-0.39, 0.29) is 17.9 Å². The molecule has 2 heterocycles. The fraction of sp³-hybridized carbons (Fsp3) is 0.208. The van der Waals surface area contributed by atoms with Gasteiger partial charge in [-0.3, -0.25) is 14.3 Å². The summed E-state index contributed by atoms with van der Waals surface area (Å²) in [6, 6.07) is 17.9. The van der Waals surface area contributed by atoms with Crippen LogP contribution >= 0.6 is 0 Å². The SMILES string of the molecule is CNC(=O)Cc1ccc2ccn(-n3c(C)cnc(NCCc4ccccc4)c3=O)c2c1. The van der Waals surface area contributed by atoms with Gasteiger partial charge in [0.1, 0.15) is 0 Å². The van der Waals surface area contributed by atoms with Gasteiger partial charge in [0, 0.05) is 25.2 Å². The molecule has 0 aliphatic carbocycles. The van der Waals surface area contributed by atoms with Crippen molar-refractivity contribution in [2.24, 2.45) is 0 Å². The molecule has 7 heteroatoms. The third kappa shape index (κ3) is 4.35. The molecule has 2 N–H and O–H groups in total. The van der Waals surface area contributed by atoms with Gasteiger partial charge < -0.3 is 10.6 Å². The highest BCUT2D eigenvalue weighted by Gasteiger charge is 2.12. The molecule has 4 aromatic rings. The Kier molecular flexibility index (Phi) is 5.84. The summed E-state index contributed by atoms with van der Waals surface area (Å²) in [6.45, 7) is 2.46. The summed E-state index contributed by atoms with van der Waals surface area (Å²) in [5.41, 5.74) is 3.43. The Labute approximate surface area is 180 Å². The molecule has 2 aromatic carbocycles. The van der Waals surface area contributed by atoms with E-state index >= 15 is 0 Å². The van der Waals surface area contributed by atoms with Crippen LogP contribution in [0.1, 0.15) is 16.8 Å². The number of anilines is 1. The Hall–Kier alpha value is -3.87. The van der Waals surface area contributed by atoms with Crippen LogP contribution in [0.2, 0.25) is 0 Å². The Morgan fingerprint density at radius 3 is 2.65 bits per heavy atom. The number of aryl methyl sites for hydroxylation is 1. The number of carbonyl (C=O) groups excluding carboxylic acids is 1. The summed E-state index contributed by atoms with van der Waals surface area (Å²) >= 11 is 0. The first-order chi connectivity index (χ1) is 15.1. The van der Waals surface area contributed by atoms with Crippen molar-refractivity contribution < 1.29 is 4.79 Å². The van der Waals surface area contributed by atoms with Crippen LogP contribution in [0, 0.1) is 6.92 Å². The number of likely N-dealkylation sites (N-methyl/N-ethyl adjacent to an activating group) is 1. The lowest BCUT2D eigenvalue weighted by Crippen LogP contribution is -2.31. The molecule has 2 aromatic heterocycles. The maximum Gasteiger partial charge on any atom is 0.312 e. The molecule has 0 spiro atoms. The van der Waals surface area contributed by atoms with Crippen LogP contribution in [0.3, 0.4) is 0 Å². The van der Waals surface area contributed by atoms with Crippen LogP contribution in [-0.4, -0.2) is 33.8 Å². The summed E-state index contributed by atoms with van der Waals surface area (Å²) < 4.78 is 3.41. The van der Waals surface area contributed by atoms with E-state index in [1.54, 1.807) is 17.9 Å². The Bertz CT molecular complexity index is 1270. The first kappa shape index (κ1) is 20.4. The van der Waals surface area contributed by atoms with Gasteiger partial charge in [0.05, 0.1) is 23.8 Å². The van der Waals surface area contributed by atoms with Crippen molar-refractivity contribution in [2.45, 2.75) is 19.8 Å². The van der Waals surface area contributed by atoms with Crippen molar-refractivity contribution in [2.75, 3.05) is 18.9 Å². The van der Waals surface area contributed by atoms with Crippen LogP contribution in [-0.2, 0) is 17.6 Å². The molecule has 1 amide bonds. The normalized spacial score (nSPS) is 10.9. The van der Waals surface area contributed by atoms with Crippen LogP contribution < -0.4 is 16.2 Å². The molecule has 0 atom stereocenters. The van der Waals surface area contributed by atoms with E-state index in [2.05, 4.69) is 27.8 Å². The summed E-state index contributed by atoms with van der Waals surface area (Å²) in [7, 11) is 1.62. The van der Waals surface area contributed by atoms with E-state index in [1.165, 1.54) is 5.56 Å². The van der Waals surface area contributed by atoms with Gasteiger partial charge in [-0.15, -0.1) is 0 Å². The maximum atomic E-state index is 13.2. The number of fused-ring (bicyclic) bond motifs is 1. The molecule has 0 saturated carbocycles. The average molecular weight is 415 g/mol. The molecular weight excluding hydrogens is 390 g/mol. The van der Waals surface area contributed by atoms with Gasteiger partial charge >= 0.3 is 5.56 Å². The predicted octanol–water partition coefficient (Wildman–Crippen LogP) is 2.76.